The van der Waals surface area contributed by atoms with Gasteiger partial charge in [0, 0.05) is 18.0 Å². The van der Waals surface area contributed by atoms with E-state index in [1.54, 1.807) is 18.2 Å². The second kappa shape index (κ2) is 7.17. The van der Waals surface area contributed by atoms with E-state index >= 15 is 0 Å². The van der Waals surface area contributed by atoms with E-state index in [1.165, 1.54) is 29.5 Å². The first-order valence-corrected chi connectivity index (χ1v) is 10.2. The first kappa shape index (κ1) is 18.1. The molecule has 0 unspecified atom stereocenters. The smallest absolute Gasteiger partial charge is 0.268 e. The maximum Gasteiger partial charge on any atom is 0.268 e. The van der Waals surface area contributed by atoms with Crippen molar-refractivity contribution in [1.29, 1.82) is 0 Å². The number of hydrogen-bond donors (Lipinski definition) is 1. The summed E-state index contributed by atoms with van der Waals surface area (Å²) in [5.74, 6) is 0.110. The first-order valence-electron chi connectivity index (χ1n) is 9.33. The van der Waals surface area contributed by atoms with Crippen molar-refractivity contribution in [2.75, 3.05) is 6.54 Å². The summed E-state index contributed by atoms with van der Waals surface area (Å²) in [5, 5.41) is 0. The largest absolute Gasteiger partial charge is 0.308 e. The van der Waals surface area contributed by atoms with Crippen LogP contribution in [-0.4, -0.2) is 21.4 Å². The second-order valence-electron chi connectivity index (χ2n) is 7.22. The third kappa shape index (κ3) is 3.59. The Balaban J connectivity index is 1.42. The molecule has 146 valence electrons. The number of H-pyrrole nitrogens is 1. The molecule has 1 aliphatic rings. The molecule has 0 aliphatic carbocycles. The van der Waals surface area contributed by atoms with Crippen LogP contribution >= 0.6 is 11.3 Å². The number of halogens is 2. The number of thiophene rings is 1. The average molecular weight is 409 g/mol. The Bertz CT molecular complexity index is 1260. The van der Waals surface area contributed by atoms with Crippen molar-refractivity contribution in [3.05, 3.63) is 87.5 Å². The summed E-state index contributed by atoms with van der Waals surface area (Å²) in [5.41, 5.74) is 3.49. The molecule has 1 N–H and O–H groups in total. The number of fused-ring (bicyclic) bond motifs is 2. The molecule has 3 heterocycles. The van der Waals surface area contributed by atoms with Crippen LogP contribution in [0, 0.1) is 11.6 Å². The SMILES string of the molecule is O=c1[nH]c(CN2CCc3cc(F)ccc3C2)nc2cc(-c3ccc(F)cc3)sc12. The molecule has 0 radical (unpaired) electrons. The fourth-order valence-electron chi connectivity index (χ4n) is 3.75. The number of nitrogens with zero attached hydrogens (tertiary/aromatic N) is 2. The summed E-state index contributed by atoms with van der Waals surface area (Å²) in [6.45, 7) is 1.99. The molecule has 7 heteroatoms. The maximum absolute atomic E-state index is 13.4. The van der Waals surface area contributed by atoms with Crippen LogP contribution in [0.2, 0.25) is 0 Å². The van der Waals surface area contributed by atoms with Crippen molar-refractivity contribution in [2.24, 2.45) is 0 Å². The number of aromatic amines is 1. The fourth-order valence-corrected chi connectivity index (χ4v) is 4.74. The van der Waals surface area contributed by atoms with Crippen molar-refractivity contribution in [2.45, 2.75) is 19.5 Å². The van der Waals surface area contributed by atoms with Crippen LogP contribution in [0.25, 0.3) is 20.7 Å². The molecular weight excluding hydrogens is 392 g/mol. The monoisotopic (exact) mass is 409 g/mol. The molecule has 4 nitrogen and oxygen atoms in total. The third-order valence-corrected chi connectivity index (χ3v) is 6.37. The van der Waals surface area contributed by atoms with Gasteiger partial charge in [0.25, 0.3) is 5.56 Å². The van der Waals surface area contributed by atoms with Gasteiger partial charge < -0.3 is 4.98 Å². The number of hydrogen-bond acceptors (Lipinski definition) is 4. The lowest BCUT2D eigenvalue weighted by Gasteiger charge is -2.28. The molecular formula is C22H17F2N3OS. The Labute approximate surface area is 169 Å². The molecule has 0 saturated carbocycles. The summed E-state index contributed by atoms with van der Waals surface area (Å²) in [7, 11) is 0. The van der Waals surface area contributed by atoms with E-state index in [1.807, 2.05) is 12.1 Å². The Morgan fingerprint density at radius 3 is 2.66 bits per heavy atom. The Morgan fingerprint density at radius 1 is 1.03 bits per heavy atom. The normalized spacial score (nSPS) is 14.3. The van der Waals surface area contributed by atoms with E-state index in [0.717, 1.165) is 34.5 Å². The molecule has 5 rings (SSSR count). The zero-order valence-electron chi connectivity index (χ0n) is 15.4. The number of nitrogens with one attached hydrogen (secondary N) is 1. The van der Waals surface area contributed by atoms with Crippen molar-refractivity contribution < 1.29 is 8.78 Å². The quantitative estimate of drug-likeness (QED) is 0.543. The van der Waals surface area contributed by atoms with Crippen LogP contribution in [0.4, 0.5) is 8.78 Å². The fraction of sp³-hybridized carbons (Fsp3) is 0.182. The lowest BCUT2D eigenvalue weighted by molar-refractivity contribution is 0.239. The number of benzene rings is 2. The molecule has 4 aromatic rings. The third-order valence-electron chi connectivity index (χ3n) is 5.19. The van der Waals surface area contributed by atoms with Crippen molar-refractivity contribution in [1.82, 2.24) is 14.9 Å². The van der Waals surface area contributed by atoms with Gasteiger partial charge in [0.15, 0.2) is 0 Å². The summed E-state index contributed by atoms with van der Waals surface area (Å²) in [6, 6.07) is 13.0. The van der Waals surface area contributed by atoms with Crippen LogP contribution in [0.3, 0.4) is 0 Å². The molecule has 2 aromatic heterocycles. The van der Waals surface area contributed by atoms with Gasteiger partial charge in [0.05, 0.1) is 12.1 Å². The summed E-state index contributed by atoms with van der Waals surface area (Å²) < 4.78 is 27.1. The predicted octanol–water partition coefficient (Wildman–Crippen LogP) is 4.49. The Kier molecular flexibility index (Phi) is 4.49. The molecule has 1 aliphatic heterocycles. The zero-order valence-corrected chi connectivity index (χ0v) is 16.2. The molecule has 0 spiro atoms. The van der Waals surface area contributed by atoms with Gasteiger partial charge in [-0.2, -0.15) is 0 Å². The molecule has 0 fully saturated rings. The van der Waals surface area contributed by atoms with E-state index in [4.69, 9.17) is 0 Å². The molecule has 0 bridgehead atoms. The number of aromatic nitrogens is 2. The minimum absolute atomic E-state index is 0.164. The zero-order chi connectivity index (χ0) is 20.0. The minimum atomic E-state index is -0.293. The number of rotatable bonds is 3. The molecule has 0 amide bonds. The highest BCUT2D eigenvalue weighted by Crippen LogP contribution is 2.31. The van der Waals surface area contributed by atoms with Gasteiger partial charge in [-0.1, -0.05) is 18.2 Å². The van der Waals surface area contributed by atoms with E-state index in [2.05, 4.69) is 14.9 Å². The average Bonchev–Trinajstić information content (AvgIpc) is 3.13. The first-order chi connectivity index (χ1) is 14.0. The topological polar surface area (TPSA) is 49.0 Å². The van der Waals surface area contributed by atoms with E-state index in [0.29, 0.717) is 29.1 Å². The predicted molar refractivity (Wildman–Crippen MR) is 110 cm³/mol. The molecule has 29 heavy (non-hydrogen) atoms. The summed E-state index contributed by atoms with van der Waals surface area (Å²) in [4.78, 5) is 23.2. The van der Waals surface area contributed by atoms with E-state index < -0.39 is 0 Å². The minimum Gasteiger partial charge on any atom is -0.308 e. The van der Waals surface area contributed by atoms with E-state index in [9.17, 15) is 13.6 Å². The van der Waals surface area contributed by atoms with Crippen LogP contribution in [0.5, 0.6) is 0 Å². The second-order valence-corrected chi connectivity index (χ2v) is 8.27. The highest BCUT2D eigenvalue weighted by atomic mass is 32.1. The molecule has 0 saturated heterocycles. The van der Waals surface area contributed by atoms with E-state index in [-0.39, 0.29) is 17.2 Å². The van der Waals surface area contributed by atoms with Gasteiger partial charge in [-0.15, -0.1) is 11.3 Å². The van der Waals surface area contributed by atoms with Crippen LogP contribution < -0.4 is 5.56 Å². The molecule has 2 aromatic carbocycles. The molecule has 0 atom stereocenters. The van der Waals surface area contributed by atoms with Crippen LogP contribution in [0.1, 0.15) is 17.0 Å². The Hall–Kier alpha value is -2.90. The van der Waals surface area contributed by atoms with Gasteiger partial charge in [0.2, 0.25) is 0 Å². The highest BCUT2D eigenvalue weighted by molar-refractivity contribution is 7.22. The maximum atomic E-state index is 13.4. The lowest BCUT2D eigenvalue weighted by atomic mass is 10.00. The van der Waals surface area contributed by atoms with Gasteiger partial charge in [-0.05, 0) is 53.4 Å². The Morgan fingerprint density at radius 2 is 1.83 bits per heavy atom. The standard InChI is InChI=1S/C22H17F2N3OS/c23-16-4-1-13(2-5-16)19-10-18-21(29-19)22(28)26-20(25-18)12-27-8-7-14-9-17(24)6-3-15(14)11-27/h1-6,9-10H,7-8,11-12H2,(H,25,26,28). The van der Waals surface area contributed by atoms with Crippen LogP contribution in [0.15, 0.2) is 53.3 Å². The lowest BCUT2D eigenvalue weighted by Crippen LogP contribution is -2.31. The van der Waals surface area contributed by atoms with Crippen LogP contribution in [-0.2, 0) is 19.5 Å². The highest BCUT2D eigenvalue weighted by Gasteiger charge is 2.18. The summed E-state index contributed by atoms with van der Waals surface area (Å²) >= 11 is 1.35. The summed E-state index contributed by atoms with van der Waals surface area (Å²) in [6.07, 6.45) is 0.771. The van der Waals surface area contributed by atoms with Gasteiger partial charge in [-0.25, -0.2) is 13.8 Å². The van der Waals surface area contributed by atoms with Gasteiger partial charge in [-0.3, -0.25) is 9.69 Å². The van der Waals surface area contributed by atoms with Gasteiger partial charge in [0.1, 0.15) is 22.2 Å². The van der Waals surface area contributed by atoms with Crippen molar-refractivity contribution in [3.8, 4) is 10.4 Å². The van der Waals surface area contributed by atoms with Crippen molar-refractivity contribution in [3.63, 3.8) is 0 Å². The van der Waals surface area contributed by atoms with Crippen molar-refractivity contribution >= 4 is 21.6 Å². The van der Waals surface area contributed by atoms with Gasteiger partial charge >= 0.3 is 0 Å².